The topological polar surface area (TPSA) is 12.5 Å². The Morgan fingerprint density at radius 3 is 2.73 bits per heavy atom. The summed E-state index contributed by atoms with van der Waals surface area (Å²) in [5, 5.41) is 0. The molecule has 15 heavy (non-hydrogen) atoms. The summed E-state index contributed by atoms with van der Waals surface area (Å²) in [6.45, 7) is 4.11. The van der Waals surface area contributed by atoms with E-state index in [1.807, 2.05) is 12.1 Å². The van der Waals surface area contributed by atoms with Crippen molar-refractivity contribution in [1.82, 2.24) is 4.31 Å². The van der Waals surface area contributed by atoms with Gasteiger partial charge in [-0.3, -0.25) is 4.31 Å². The SMILES string of the molecule is Cc1cccc(OC2CCN(S)CC2)c1. The van der Waals surface area contributed by atoms with Crippen LogP contribution in [0.15, 0.2) is 24.3 Å². The Morgan fingerprint density at radius 2 is 2.07 bits per heavy atom. The summed E-state index contributed by atoms with van der Waals surface area (Å²) in [7, 11) is 0. The van der Waals surface area contributed by atoms with Crippen LogP contribution < -0.4 is 4.74 Å². The van der Waals surface area contributed by atoms with E-state index in [-0.39, 0.29) is 0 Å². The van der Waals surface area contributed by atoms with Crippen LogP contribution in [-0.2, 0) is 0 Å². The van der Waals surface area contributed by atoms with Crippen molar-refractivity contribution in [3.63, 3.8) is 0 Å². The van der Waals surface area contributed by atoms with E-state index in [9.17, 15) is 0 Å². The predicted molar refractivity (Wildman–Crippen MR) is 65.4 cm³/mol. The van der Waals surface area contributed by atoms with Gasteiger partial charge in [0.2, 0.25) is 0 Å². The van der Waals surface area contributed by atoms with Crippen LogP contribution in [0.1, 0.15) is 18.4 Å². The molecule has 0 spiro atoms. The molecule has 1 fully saturated rings. The quantitative estimate of drug-likeness (QED) is 0.774. The lowest BCUT2D eigenvalue weighted by Crippen LogP contribution is -2.33. The molecule has 0 N–H and O–H groups in total. The Labute approximate surface area is 96.8 Å². The van der Waals surface area contributed by atoms with Crippen LogP contribution in [0.2, 0.25) is 0 Å². The Hall–Kier alpha value is -0.670. The third-order valence-electron chi connectivity index (χ3n) is 2.71. The molecule has 1 saturated heterocycles. The predicted octanol–water partition coefficient (Wildman–Crippen LogP) is 2.68. The minimum absolute atomic E-state index is 0.357. The number of hydrogen-bond donors (Lipinski definition) is 1. The summed E-state index contributed by atoms with van der Waals surface area (Å²) in [4.78, 5) is 0. The molecule has 1 aromatic carbocycles. The van der Waals surface area contributed by atoms with Gasteiger partial charge in [-0.15, -0.1) is 0 Å². The highest BCUT2D eigenvalue weighted by Crippen LogP contribution is 2.20. The summed E-state index contributed by atoms with van der Waals surface area (Å²) in [6, 6.07) is 8.24. The van der Waals surface area contributed by atoms with Crippen molar-refractivity contribution in [3.05, 3.63) is 29.8 Å². The lowest BCUT2D eigenvalue weighted by atomic mass is 10.1. The van der Waals surface area contributed by atoms with Gasteiger partial charge in [0.1, 0.15) is 11.9 Å². The van der Waals surface area contributed by atoms with Crippen LogP contribution in [0.25, 0.3) is 0 Å². The zero-order valence-electron chi connectivity index (χ0n) is 9.02. The summed E-state index contributed by atoms with van der Waals surface area (Å²) in [5.41, 5.74) is 1.25. The number of rotatable bonds is 2. The van der Waals surface area contributed by atoms with Crippen LogP contribution in [0.3, 0.4) is 0 Å². The summed E-state index contributed by atoms with van der Waals surface area (Å²) >= 11 is 4.32. The van der Waals surface area contributed by atoms with Crippen molar-refractivity contribution >= 4 is 12.8 Å². The van der Waals surface area contributed by atoms with Crippen LogP contribution in [-0.4, -0.2) is 23.5 Å². The molecule has 0 saturated carbocycles. The van der Waals surface area contributed by atoms with Gasteiger partial charge in [-0.2, -0.15) is 0 Å². The Balaban J connectivity index is 1.92. The molecule has 0 radical (unpaired) electrons. The Kier molecular flexibility index (Phi) is 3.54. The first kappa shape index (κ1) is 10.8. The number of ether oxygens (including phenoxy) is 1. The molecule has 0 amide bonds. The molecule has 0 atom stereocenters. The number of benzene rings is 1. The molecule has 82 valence electrons. The molecule has 2 rings (SSSR count). The van der Waals surface area contributed by atoms with E-state index in [1.54, 1.807) is 0 Å². The van der Waals surface area contributed by atoms with Crippen molar-refractivity contribution in [2.45, 2.75) is 25.9 Å². The summed E-state index contributed by atoms with van der Waals surface area (Å²) in [6.07, 6.45) is 2.49. The molecule has 0 aliphatic carbocycles. The summed E-state index contributed by atoms with van der Waals surface area (Å²) < 4.78 is 7.98. The molecule has 3 heteroatoms. The number of hydrogen-bond acceptors (Lipinski definition) is 3. The van der Waals surface area contributed by atoms with Gasteiger partial charge in [0, 0.05) is 13.1 Å². The standard InChI is InChI=1S/C12H17NOS/c1-10-3-2-4-12(9-10)14-11-5-7-13(15)8-6-11/h2-4,9,11,15H,5-8H2,1H3. The molecule has 1 aliphatic rings. The number of nitrogens with zero attached hydrogens (tertiary/aromatic N) is 1. The molecular formula is C12H17NOS. The van der Waals surface area contributed by atoms with Crippen LogP contribution in [0, 0.1) is 6.92 Å². The monoisotopic (exact) mass is 223 g/mol. The number of thiol groups is 1. The van der Waals surface area contributed by atoms with Crippen molar-refractivity contribution in [3.8, 4) is 5.75 Å². The first-order valence-corrected chi connectivity index (χ1v) is 5.81. The van der Waals surface area contributed by atoms with Gasteiger partial charge in [0.15, 0.2) is 0 Å². The van der Waals surface area contributed by atoms with Crippen molar-refractivity contribution in [1.29, 1.82) is 0 Å². The average molecular weight is 223 g/mol. The molecule has 1 aromatic rings. The van der Waals surface area contributed by atoms with E-state index < -0.39 is 0 Å². The minimum atomic E-state index is 0.357. The first-order valence-electron chi connectivity index (χ1n) is 5.41. The van der Waals surface area contributed by atoms with Gasteiger partial charge in [-0.05, 0) is 37.5 Å². The fraction of sp³-hybridized carbons (Fsp3) is 0.500. The first-order chi connectivity index (χ1) is 7.24. The van der Waals surface area contributed by atoms with E-state index in [2.05, 4.69) is 36.2 Å². The van der Waals surface area contributed by atoms with Gasteiger partial charge < -0.3 is 4.74 Å². The molecule has 2 nitrogen and oxygen atoms in total. The molecule has 0 aromatic heterocycles. The second kappa shape index (κ2) is 4.90. The second-order valence-corrected chi connectivity index (χ2v) is 4.65. The van der Waals surface area contributed by atoms with Crippen LogP contribution >= 0.6 is 12.8 Å². The van der Waals surface area contributed by atoms with E-state index in [4.69, 9.17) is 4.74 Å². The van der Waals surface area contributed by atoms with Crippen LogP contribution in [0.4, 0.5) is 0 Å². The maximum absolute atomic E-state index is 5.92. The van der Waals surface area contributed by atoms with E-state index >= 15 is 0 Å². The third kappa shape index (κ3) is 3.14. The molecule has 1 aliphatic heterocycles. The number of aryl methyl sites for hydroxylation is 1. The van der Waals surface area contributed by atoms with Crippen molar-refractivity contribution in [2.75, 3.05) is 13.1 Å². The lowest BCUT2D eigenvalue weighted by molar-refractivity contribution is 0.139. The van der Waals surface area contributed by atoms with Gasteiger partial charge >= 0.3 is 0 Å². The van der Waals surface area contributed by atoms with Crippen molar-refractivity contribution in [2.24, 2.45) is 0 Å². The van der Waals surface area contributed by atoms with E-state index in [1.165, 1.54) is 5.56 Å². The maximum Gasteiger partial charge on any atom is 0.119 e. The molecule has 0 unspecified atom stereocenters. The molecule has 1 heterocycles. The maximum atomic E-state index is 5.92. The van der Waals surface area contributed by atoms with E-state index in [0.29, 0.717) is 6.10 Å². The third-order valence-corrected chi connectivity index (χ3v) is 3.11. The van der Waals surface area contributed by atoms with Crippen molar-refractivity contribution < 1.29 is 4.74 Å². The fourth-order valence-electron chi connectivity index (χ4n) is 1.84. The summed E-state index contributed by atoms with van der Waals surface area (Å²) in [5.74, 6) is 0.993. The highest BCUT2D eigenvalue weighted by Gasteiger charge is 2.18. The minimum Gasteiger partial charge on any atom is -0.490 e. The normalized spacial score (nSPS) is 19.1. The zero-order valence-corrected chi connectivity index (χ0v) is 9.91. The zero-order chi connectivity index (χ0) is 10.7. The molecular weight excluding hydrogens is 206 g/mol. The Bertz CT molecular complexity index is 321. The smallest absolute Gasteiger partial charge is 0.119 e. The largest absolute Gasteiger partial charge is 0.490 e. The van der Waals surface area contributed by atoms with Gasteiger partial charge in [-0.1, -0.05) is 24.9 Å². The van der Waals surface area contributed by atoms with Crippen LogP contribution in [0.5, 0.6) is 5.75 Å². The fourth-order valence-corrected chi connectivity index (χ4v) is 2.07. The highest BCUT2D eigenvalue weighted by molar-refractivity contribution is 7.77. The average Bonchev–Trinajstić information content (AvgIpc) is 2.22. The lowest BCUT2D eigenvalue weighted by Gasteiger charge is -2.28. The molecule has 0 bridgehead atoms. The number of piperidine rings is 1. The van der Waals surface area contributed by atoms with Gasteiger partial charge in [-0.25, -0.2) is 0 Å². The highest BCUT2D eigenvalue weighted by atomic mass is 32.1. The van der Waals surface area contributed by atoms with E-state index in [0.717, 1.165) is 31.7 Å². The Morgan fingerprint density at radius 1 is 1.33 bits per heavy atom. The van der Waals surface area contributed by atoms with Gasteiger partial charge in [0.05, 0.1) is 0 Å². The second-order valence-electron chi connectivity index (χ2n) is 4.09. The van der Waals surface area contributed by atoms with Gasteiger partial charge in [0.25, 0.3) is 0 Å².